The van der Waals surface area contributed by atoms with Crippen molar-refractivity contribution in [2.75, 3.05) is 5.32 Å². The summed E-state index contributed by atoms with van der Waals surface area (Å²) < 4.78 is 0. The first-order valence-corrected chi connectivity index (χ1v) is 3.78. The third-order valence-electron chi connectivity index (χ3n) is 1.41. The first-order valence-electron chi connectivity index (χ1n) is 3.78. The maximum atomic E-state index is 11.0. The van der Waals surface area contributed by atoms with Crippen LogP contribution in [0.5, 0.6) is 0 Å². The highest BCUT2D eigenvalue weighted by Crippen LogP contribution is 2.07. The Morgan fingerprint density at radius 3 is 3.15 bits per heavy atom. The first-order chi connectivity index (χ1) is 6.27. The van der Waals surface area contributed by atoms with Crippen LogP contribution in [0.25, 0.3) is 0 Å². The molecule has 0 atom stereocenters. The van der Waals surface area contributed by atoms with Gasteiger partial charge in [-0.05, 0) is 0 Å². The van der Waals surface area contributed by atoms with Crippen molar-refractivity contribution >= 4 is 11.7 Å². The number of hydrogen-bond acceptors (Lipinski definition) is 4. The number of nitrogens with zero attached hydrogens (tertiary/aromatic N) is 3. The van der Waals surface area contributed by atoms with Gasteiger partial charge in [-0.3, -0.25) is 4.79 Å². The second-order valence-corrected chi connectivity index (χ2v) is 2.30. The molecule has 0 bridgehead atoms. The van der Waals surface area contributed by atoms with Gasteiger partial charge in [-0.15, -0.1) is 0 Å². The van der Waals surface area contributed by atoms with E-state index in [1.165, 1.54) is 12.5 Å². The summed E-state index contributed by atoms with van der Waals surface area (Å²) in [5, 5.41) is 11.1. The van der Waals surface area contributed by atoms with Crippen molar-refractivity contribution in [1.82, 2.24) is 9.97 Å². The van der Waals surface area contributed by atoms with E-state index >= 15 is 0 Å². The molecule has 5 nitrogen and oxygen atoms in total. The summed E-state index contributed by atoms with van der Waals surface area (Å²) in [5.41, 5.74) is 0.268. The molecule has 0 radical (unpaired) electrons. The Balaban J connectivity index is 2.89. The minimum absolute atomic E-state index is 0.171. The Bertz CT molecular complexity index is 355. The molecule has 13 heavy (non-hydrogen) atoms. The van der Waals surface area contributed by atoms with E-state index in [0.717, 1.165) is 0 Å². The molecule has 0 aliphatic carbocycles. The summed E-state index contributed by atoms with van der Waals surface area (Å²) in [5.74, 6) is 0.0968. The van der Waals surface area contributed by atoms with Crippen molar-refractivity contribution in [2.24, 2.45) is 0 Å². The molecule has 1 aromatic rings. The van der Waals surface area contributed by atoms with E-state index in [9.17, 15) is 4.79 Å². The smallest absolute Gasteiger partial charge is 0.225 e. The zero-order valence-electron chi connectivity index (χ0n) is 7.11. The fourth-order valence-corrected chi connectivity index (χ4v) is 0.731. The zero-order chi connectivity index (χ0) is 9.68. The van der Waals surface area contributed by atoms with Crippen LogP contribution in [0.15, 0.2) is 12.5 Å². The number of anilines is 1. The van der Waals surface area contributed by atoms with Crippen LogP contribution in [0.2, 0.25) is 0 Å². The van der Waals surface area contributed by atoms with Gasteiger partial charge in [0.2, 0.25) is 5.91 Å². The Kier molecular flexibility index (Phi) is 2.92. The van der Waals surface area contributed by atoms with Crippen LogP contribution in [-0.4, -0.2) is 15.9 Å². The molecule has 1 N–H and O–H groups in total. The first kappa shape index (κ1) is 9.13. The maximum Gasteiger partial charge on any atom is 0.225 e. The van der Waals surface area contributed by atoms with Gasteiger partial charge in [-0.1, -0.05) is 6.92 Å². The lowest BCUT2D eigenvalue weighted by atomic mass is 10.3. The van der Waals surface area contributed by atoms with Gasteiger partial charge in [0.15, 0.2) is 5.82 Å². The summed E-state index contributed by atoms with van der Waals surface area (Å²) in [7, 11) is 0. The molecule has 66 valence electrons. The predicted octanol–water partition coefficient (Wildman–Crippen LogP) is 0.697. The lowest BCUT2D eigenvalue weighted by Crippen LogP contribution is -2.12. The highest BCUT2D eigenvalue weighted by Gasteiger charge is 2.05. The van der Waals surface area contributed by atoms with Crippen LogP contribution < -0.4 is 5.32 Å². The molecule has 1 amide bonds. The lowest BCUT2D eigenvalue weighted by molar-refractivity contribution is -0.115. The average molecular weight is 176 g/mol. The summed E-state index contributed by atoms with van der Waals surface area (Å²) in [6.45, 7) is 1.72. The number of aromatic nitrogens is 2. The van der Waals surface area contributed by atoms with E-state index in [-0.39, 0.29) is 17.3 Å². The summed E-state index contributed by atoms with van der Waals surface area (Å²) in [4.78, 5) is 18.4. The van der Waals surface area contributed by atoms with Crippen LogP contribution in [0.1, 0.15) is 18.9 Å². The molecular formula is C8H8N4O. The van der Waals surface area contributed by atoms with Gasteiger partial charge in [0.05, 0.1) is 6.20 Å². The van der Waals surface area contributed by atoms with Gasteiger partial charge in [-0.2, -0.15) is 5.26 Å². The molecule has 1 aromatic heterocycles. The van der Waals surface area contributed by atoms with Crippen molar-refractivity contribution in [2.45, 2.75) is 13.3 Å². The fraction of sp³-hybridized carbons (Fsp3) is 0.250. The Hall–Kier alpha value is -1.96. The normalized spacial score (nSPS) is 8.92. The molecule has 0 saturated heterocycles. The predicted molar refractivity (Wildman–Crippen MR) is 45.7 cm³/mol. The molecule has 0 saturated carbocycles. The molecule has 0 fully saturated rings. The van der Waals surface area contributed by atoms with Crippen molar-refractivity contribution in [3.63, 3.8) is 0 Å². The largest absolute Gasteiger partial charge is 0.310 e. The van der Waals surface area contributed by atoms with E-state index in [0.29, 0.717) is 6.42 Å². The van der Waals surface area contributed by atoms with E-state index in [1.54, 1.807) is 6.92 Å². The molecule has 1 heterocycles. The van der Waals surface area contributed by atoms with E-state index in [4.69, 9.17) is 5.26 Å². The Labute approximate surface area is 75.4 Å². The Morgan fingerprint density at radius 2 is 2.54 bits per heavy atom. The topological polar surface area (TPSA) is 78.7 Å². The second-order valence-electron chi connectivity index (χ2n) is 2.30. The van der Waals surface area contributed by atoms with Gasteiger partial charge >= 0.3 is 0 Å². The Morgan fingerprint density at radius 1 is 1.77 bits per heavy atom. The van der Waals surface area contributed by atoms with E-state index in [2.05, 4.69) is 15.3 Å². The highest BCUT2D eigenvalue weighted by molar-refractivity contribution is 5.90. The molecular weight excluding hydrogens is 168 g/mol. The van der Waals surface area contributed by atoms with Crippen LogP contribution in [-0.2, 0) is 4.79 Å². The van der Waals surface area contributed by atoms with Crippen LogP contribution in [0.4, 0.5) is 5.82 Å². The van der Waals surface area contributed by atoms with Gasteiger partial charge in [-0.25, -0.2) is 9.97 Å². The summed E-state index contributed by atoms with van der Waals surface area (Å²) in [6, 6.07) is 1.89. The number of carbonyl (C=O) groups is 1. The third-order valence-corrected chi connectivity index (χ3v) is 1.41. The number of nitrogens with one attached hydrogen (secondary N) is 1. The standard InChI is InChI=1S/C8H8N4O/c1-2-7(13)12-8-6(3-9)4-10-5-11-8/h4-5H,2H2,1H3,(H,10,11,12,13). The van der Waals surface area contributed by atoms with Gasteiger partial charge in [0, 0.05) is 6.42 Å². The fourth-order valence-electron chi connectivity index (χ4n) is 0.731. The number of hydrogen-bond donors (Lipinski definition) is 1. The molecule has 5 heteroatoms. The summed E-state index contributed by atoms with van der Waals surface area (Å²) in [6.07, 6.45) is 3.00. The minimum atomic E-state index is -0.171. The number of carbonyl (C=O) groups excluding carboxylic acids is 1. The van der Waals surface area contributed by atoms with Crippen LogP contribution >= 0.6 is 0 Å². The number of rotatable bonds is 2. The van der Waals surface area contributed by atoms with E-state index in [1.807, 2.05) is 6.07 Å². The van der Waals surface area contributed by atoms with Crippen molar-refractivity contribution in [1.29, 1.82) is 5.26 Å². The molecule has 0 aliphatic rings. The maximum absolute atomic E-state index is 11.0. The minimum Gasteiger partial charge on any atom is -0.310 e. The van der Waals surface area contributed by atoms with Crippen molar-refractivity contribution in [3.05, 3.63) is 18.1 Å². The molecule has 1 rings (SSSR count). The van der Waals surface area contributed by atoms with Crippen LogP contribution in [0.3, 0.4) is 0 Å². The summed E-state index contributed by atoms with van der Waals surface area (Å²) >= 11 is 0. The van der Waals surface area contributed by atoms with Crippen molar-refractivity contribution < 1.29 is 4.79 Å². The number of amides is 1. The monoisotopic (exact) mass is 176 g/mol. The van der Waals surface area contributed by atoms with Gasteiger partial charge in [0.1, 0.15) is 18.0 Å². The molecule has 0 spiro atoms. The quantitative estimate of drug-likeness (QED) is 0.719. The number of nitriles is 1. The highest BCUT2D eigenvalue weighted by atomic mass is 16.1. The molecule has 0 aromatic carbocycles. The molecule has 0 aliphatic heterocycles. The van der Waals surface area contributed by atoms with Crippen LogP contribution in [0, 0.1) is 11.3 Å². The lowest BCUT2D eigenvalue weighted by Gasteiger charge is -2.02. The zero-order valence-corrected chi connectivity index (χ0v) is 7.11. The van der Waals surface area contributed by atoms with Gasteiger partial charge < -0.3 is 5.32 Å². The van der Waals surface area contributed by atoms with E-state index < -0.39 is 0 Å². The molecule has 0 unspecified atom stereocenters. The van der Waals surface area contributed by atoms with Gasteiger partial charge in [0.25, 0.3) is 0 Å². The average Bonchev–Trinajstić information content (AvgIpc) is 2.18. The third kappa shape index (κ3) is 2.24. The second kappa shape index (κ2) is 4.16. The SMILES string of the molecule is CCC(=O)Nc1ncncc1C#N. The van der Waals surface area contributed by atoms with Crippen molar-refractivity contribution in [3.8, 4) is 6.07 Å².